The number of aromatic nitrogens is 1. The molecule has 1 heterocycles. The summed E-state index contributed by atoms with van der Waals surface area (Å²) in [4.78, 5) is 18.8. The first-order valence-corrected chi connectivity index (χ1v) is 5.99. The van der Waals surface area contributed by atoms with Crippen molar-refractivity contribution in [1.29, 1.82) is 0 Å². The van der Waals surface area contributed by atoms with E-state index < -0.39 is 24.4 Å². The van der Waals surface area contributed by atoms with Crippen LogP contribution < -0.4 is 5.73 Å². The van der Waals surface area contributed by atoms with Crippen molar-refractivity contribution in [2.45, 2.75) is 13.1 Å². The third-order valence-electron chi connectivity index (χ3n) is 2.26. The van der Waals surface area contributed by atoms with Crippen molar-refractivity contribution in [3.63, 3.8) is 0 Å². The van der Waals surface area contributed by atoms with Crippen molar-refractivity contribution in [2.75, 3.05) is 13.2 Å². The van der Waals surface area contributed by atoms with E-state index in [9.17, 15) is 18.0 Å². The zero-order valence-electron chi connectivity index (χ0n) is 11.2. The Morgan fingerprint density at radius 2 is 2.24 bits per heavy atom. The van der Waals surface area contributed by atoms with Crippen LogP contribution in [0, 0.1) is 0 Å². The van der Waals surface area contributed by atoms with Crippen LogP contribution in [0.3, 0.4) is 0 Å². The number of nitrogens with two attached hydrogens (primary N) is 1. The maximum Gasteiger partial charge on any atom is 0.430 e. The molecule has 0 fully saturated rings. The molecule has 1 aromatic rings. The first-order valence-electron chi connectivity index (χ1n) is 5.99. The number of halogens is 3. The Kier molecular flexibility index (Phi) is 5.89. The number of aliphatic imine (C=N–C) groups is 1. The number of alkyl halides is 3. The molecular weight excluding hydrogens is 287 g/mol. The van der Waals surface area contributed by atoms with Gasteiger partial charge in [0.05, 0.1) is 12.3 Å². The number of hydrogen-bond donors (Lipinski definition) is 1. The lowest BCUT2D eigenvalue weighted by Gasteiger charge is -2.08. The van der Waals surface area contributed by atoms with E-state index in [0.717, 1.165) is 0 Å². The molecule has 5 nitrogen and oxygen atoms in total. The van der Waals surface area contributed by atoms with Gasteiger partial charge in [-0.05, 0) is 25.1 Å². The Hall–Kier alpha value is -2.38. The molecule has 114 valence electrons. The molecule has 8 heteroatoms. The Morgan fingerprint density at radius 1 is 1.52 bits per heavy atom. The maximum absolute atomic E-state index is 12.5. The van der Waals surface area contributed by atoms with Gasteiger partial charge >= 0.3 is 12.1 Å². The van der Waals surface area contributed by atoms with Crippen LogP contribution >= 0.6 is 0 Å². The molecule has 0 aromatic carbocycles. The number of carbonyl (C=O) groups is 1. The van der Waals surface area contributed by atoms with E-state index in [1.807, 2.05) is 0 Å². The number of nitrogens with zero attached hydrogens (tertiary/aromatic N) is 2. The van der Waals surface area contributed by atoms with Gasteiger partial charge in [-0.15, -0.1) is 0 Å². The number of esters is 1. The molecule has 1 aromatic heterocycles. The van der Waals surface area contributed by atoms with E-state index in [-0.39, 0.29) is 12.3 Å². The summed E-state index contributed by atoms with van der Waals surface area (Å²) in [6.45, 7) is 1.38. The highest BCUT2D eigenvalue weighted by atomic mass is 19.4. The van der Waals surface area contributed by atoms with E-state index in [1.165, 1.54) is 24.5 Å². The lowest BCUT2D eigenvalue weighted by molar-refractivity contribution is -0.141. The molecule has 2 N–H and O–H groups in total. The Morgan fingerprint density at radius 3 is 2.76 bits per heavy atom. The van der Waals surface area contributed by atoms with Crippen molar-refractivity contribution in [1.82, 2.24) is 4.98 Å². The molecule has 21 heavy (non-hydrogen) atoms. The number of ether oxygens (including phenoxy) is 1. The lowest BCUT2D eigenvalue weighted by Crippen LogP contribution is -2.21. The average molecular weight is 301 g/mol. The van der Waals surface area contributed by atoms with Crippen molar-refractivity contribution in [3.8, 4) is 0 Å². The fourth-order valence-electron chi connectivity index (χ4n) is 1.32. The smallest absolute Gasteiger partial charge is 0.430 e. The average Bonchev–Trinajstić information content (AvgIpc) is 2.43. The second-order valence-corrected chi connectivity index (χ2v) is 3.85. The molecule has 0 spiro atoms. The largest absolute Gasteiger partial charge is 0.465 e. The fourth-order valence-corrected chi connectivity index (χ4v) is 1.32. The van der Waals surface area contributed by atoms with Gasteiger partial charge in [-0.25, -0.2) is 0 Å². The number of carbonyl (C=O) groups excluding carboxylic acids is 1. The summed E-state index contributed by atoms with van der Waals surface area (Å²) in [6, 6.07) is 3.05. The zero-order valence-corrected chi connectivity index (χ0v) is 11.2. The van der Waals surface area contributed by atoms with Gasteiger partial charge < -0.3 is 10.5 Å². The normalized spacial score (nSPS) is 13.1. The molecule has 0 aliphatic heterocycles. The minimum absolute atomic E-state index is 0.0917. The molecule has 0 radical (unpaired) electrons. The molecule has 1 rings (SSSR count). The van der Waals surface area contributed by atoms with Gasteiger partial charge in [-0.1, -0.05) is 0 Å². The number of rotatable bonds is 5. The predicted octanol–water partition coefficient (Wildman–Crippen LogP) is 1.84. The van der Waals surface area contributed by atoms with E-state index >= 15 is 0 Å². The molecule has 0 unspecified atom stereocenters. The molecule has 0 atom stereocenters. The van der Waals surface area contributed by atoms with Gasteiger partial charge in [0, 0.05) is 18.0 Å². The summed E-state index contributed by atoms with van der Waals surface area (Å²) in [7, 11) is 0. The van der Waals surface area contributed by atoms with E-state index in [0.29, 0.717) is 11.6 Å². The van der Waals surface area contributed by atoms with Gasteiger partial charge in [0.1, 0.15) is 12.2 Å². The van der Waals surface area contributed by atoms with Crippen molar-refractivity contribution in [3.05, 3.63) is 41.9 Å². The summed E-state index contributed by atoms with van der Waals surface area (Å²) in [5.41, 5.74) is 3.88. The van der Waals surface area contributed by atoms with Crippen LogP contribution in [0.25, 0.3) is 0 Å². The van der Waals surface area contributed by atoms with Gasteiger partial charge in [-0.3, -0.25) is 14.8 Å². The monoisotopic (exact) mass is 301 g/mol. The first kappa shape index (κ1) is 16.7. The molecular formula is C13H14F3N3O2. The fraction of sp³-hybridized carbons (Fsp3) is 0.308. The van der Waals surface area contributed by atoms with E-state index in [1.54, 1.807) is 6.92 Å². The molecule has 0 bridgehead atoms. The second kappa shape index (κ2) is 7.41. The van der Waals surface area contributed by atoms with Crippen molar-refractivity contribution < 1.29 is 22.7 Å². The standard InChI is InChI=1S/C13H14F3N3O2/c1-2-21-12(20)8-19-10(6-11(17)13(14,15)16)9-4-3-5-18-7-9/h3-7H,2,8,17H2,1H3. The van der Waals surface area contributed by atoms with Gasteiger partial charge in [-0.2, -0.15) is 13.2 Å². The summed E-state index contributed by atoms with van der Waals surface area (Å²) < 4.78 is 42.1. The third-order valence-corrected chi connectivity index (χ3v) is 2.26. The van der Waals surface area contributed by atoms with Gasteiger partial charge in [0.25, 0.3) is 0 Å². The molecule has 0 aliphatic rings. The lowest BCUT2D eigenvalue weighted by atomic mass is 10.1. The van der Waals surface area contributed by atoms with Crippen LogP contribution in [0.15, 0.2) is 41.3 Å². The number of allylic oxidation sites excluding steroid dienone is 2. The van der Waals surface area contributed by atoms with E-state index in [2.05, 4.69) is 14.7 Å². The minimum Gasteiger partial charge on any atom is -0.465 e. The highest BCUT2D eigenvalue weighted by Gasteiger charge is 2.31. The quantitative estimate of drug-likeness (QED) is 0.665. The molecule has 0 saturated carbocycles. The topological polar surface area (TPSA) is 77.6 Å². The molecule has 0 aliphatic carbocycles. The second-order valence-electron chi connectivity index (χ2n) is 3.85. The maximum atomic E-state index is 12.5. The Labute approximate surface area is 119 Å². The molecule has 0 saturated heterocycles. The predicted molar refractivity (Wildman–Crippen MR) is 70.6 cm³/mol. The number of pyridine rings is 1. The third kappa shape index (κ3) is 5.64. The van der Waals surface area contributed by atoms with Crippen LogP contribution in [0.2, 0.25) is 0 Å². The summed E-state index contributed by atoms with van der Waals surface area (Å²) in [6.07, 6.45) is -1.23. The van der Waals surface area contributed by atoms with Crippen molar-refractivity contribution >= 4 is 11.7 Å². The van der Waals surface area contributed by atoms with Crippen LogP contribution in [0.1, 0.15) is 12.5 Å². The van der Waals surface area contributed by atoms with Crippen LogP contribution in [0.5, 0.6) is 0 Å². The van der Waals surface area contributed by atoms with Gasteiger partial charge in [0.2, 0.25) is 0 Å². The van der Waals surface area contributed by atoms with Crippen LogP contribution in [-0.2, 0) is 9.53 Å². The Bertz CT molecular complexity index is 539. The van der Waals surface area contributed by atoms with Gasteiger partial charge in [0.15, 0.2) is 0 Å². The van der Waals surface area contributed by atoms with E-state index in [4.69, 9.17) is 5.73 Å². The SMILES string of the molecule is CCOC(=O)CN=C(C=C(N)C(F)(F)F)c1cccnc1. The van der Waals surface area contributed by atoms with Crippen LogP contribution in [-0.4, -0.2) is 36.0 Å². The highest BCUT2D eigenvalue weighted by Crippen LogP contribution is 2.21. The molecule has 0 amide bonds. The van der Waals surface area contributed by atoms with Crippen molar-refractivity contribution in [2.24, 2.45) is 10.7 Å². The summed E-state index contributed by atoms with van der Waals surface area (Å²) in [5, 5.41) is 0. The highest BCUT2D eigenvalue weighted by molar-refractivity contribution is 6.09. The van der Waals surface area contributed by atoms with Crippen LogP contribution in [0.4, 0.5) is 13.2 Å². The first-order chi connectivity index (χ1) is 9.84. The summed E-state index contributed by atoms with van der Waals surface area (Å²) >= 11 is 0. The minimum atomic E-state index is -4.67. The summed E-state index contributed by atoms with van der Waals surface area (Å²) in [5.74, 6) is -0.641. The Balaban J connectivity index is 3.07. The zero-order chi connectivity index (χ0) is 15.9. The number of hydrogen-bond acceptors (Lipinski definition) is 5.